The number of unbranched alkanes of at least 4 members (excludes halogenated alkanes) is 1. The molecule has 2 aliphatic rings. The monoisotopic (exact) mass is 408 g/mol. The second-order valence-electron chi connectivity index (χ2n) is 6.77. The average Bonchev–Trinajstić information content (AvgIpc) is 3.25. The number of fused-ring (bicyclic) bond motifs is 1. The summed E-state index contributed by atoms with van der Waals surface area (Å²) in [6.45, 7) is -0.0281. The number of aryl methyl sites for hydroxylation is 1. The Bertz CT molecular complexity index is 617. The summed E-state index contributed by atoms with van der Waals surface area (Å²) in [6.07, 6.45) is 0.796. The van der Waals surface area contributed by atoms with Crippen LogP contribution in [0.3, 0.4) is 0 Å². The maximum atomic E-state index is 12.9. The third-order valence-electron chi connectivity index (χ3n) is 4.84. The van der Waals surface area contributed by atoms with Crippen molar-refractivity contribution in [1.29, 1.82) is 0 Å². The van der Waals surface area contributed by atoms with Crippen LogP contribution in [-0.2, 0) is 24.3 Å². The Morgan fingerprint density at radius 1 is 1.27 bits per heavy atom. The summed E-state index contributed by atoms with van der Waals surface area (Å²) in [7, 11) is 3.86. The molecule has 0 spiro atoms. The number of alkyl halides is 3. The Balaban J connectivity index is 1.41. The SMILES string of the molecule is O=C(CCCC[C@H]1CCSS1)NCc1nnc2n1C[C@@H](C(F)(F)F)CC2. The third-order valence-corrected chi connectivity index (χ3v) is 7.84. The minimum Gasteiger partial charge on any atom is -0.349 e. The van der Waals surface area contributed by atoms with E-state index in [-0.39, 0.29) is 31.8 Å². The number of halogens is 3. The van der Waals surface area contributed by atoms with Gasteiger partial charge < -0.3 is 9.88 Å². The second kappa shape index (κ2) is 8.86. The van der Waals surface area contributed by atoms with Crippen LogP contribution < -0.4 is 5.32 Å². The summed E-state index contributed by atoms with van der Waals surface area (Å²) >= 11 is 0. The van der Waals surface area contributed by atoms with Gasteiger partial charge in [-0.25, -0.2) is 0 Å². The second-order valence-corrected chi connectivity index (χ2v) is 9.56. The van der Waals surface area contributed by atoms with Gasteiger partial charge in [-0.05, 0) is 25.7 Å². The van der Waals surface area contributed by atoms with Crippen LogP contribution in [0, 0.1) is 5.92 Å². The zero-order valence-corrected chi connectivity index (χ0v) is 16.1. The normalized spacial score (nSPS) is 23.0. The van der Waals surface area contributed by atoms with Gasteiger partial charge in [0.1, 0.15) is 5.82 Å². The average molecular weight is 409 g/mol. The predicted octanol–water partition coefficient (Wildman–Crippen LogP) is 3.73. The fourth-order valence-electron chi connectivity index (χ4n) is 3.27. The van der Waals surface area contributed by atoms with Crippen LogP contribution in [0.4, 0.5) is 13.2 Å². The number of nitrogens with one attached hydrogen (secondary N) is 1. The molecular weight excluding hydrogens is 385 g/mol. The molecule has 0 bridgehead atoms. The molecule has 2 aliphatic heterocycles. The molecule has 1 amide bonds. The number of carbonyl (C=O) groups excluding carboxylic acids is 1. The number of amides is 1. The van der Waals surface area contributed by atoms with Gasteiger partial charge >= 0.3 is 6.18 Å². The molecule has 1 N–H and O–H groups in total. The lowest BCUT2D eigenvalue weighted by Crippen LogP contribution is -2.33. The van der Waals surface area contributed by atoms with E-state index in [4.69, 9.17) is 0 Å². The smallest absolute Gasteiger partial charge is 0.349 e. The van der Waals surface area contributed by atoms with Crippen LogP contribution in [0.15, 0.2) is 0 Å². The number of hydrogen-bond acceptors (Lipinski definition) is 5. The highest BCUT2D eigenvalue weighted by Gasteiger charge is 2.42. The zero-order valence-electron chi connectivity index (χ0n) is 14.4. The van der Waals surface area contributed by atoms with Gasteiger partial charge in [0.15, 0.2) is 5.82 Å². The first-order valence-corrected chi connectivity index (χ1v) is 11.3. The van der Waals surface area contributed by atoms with Gasteiger partial charge in [-0.1, -0.05) is 28.0 Å². The van der Waals surface area contributed by atoms with Crippen LogP contribution in [0.1, 0.15) is 50.2 Å². The topological polar surface area (TPSA) is 59.8 Å². The van der Waals surface area contributed by atoms with E-state index < -0.39 is 12.1 Å². The van der Waals surface area contributed by atoms with Crippen molar-refractivity contribution >= 4 is 27.5 Å². The van der Waals surface area contributed by atoms with E-state index in [1.54, 1.807) is 0 Å². The minimum absolute atomic E-state index is 0.0474. The lowest BCUT2D eigenvalue weighted by Gasteiger charge is -2.26. The Morgan fingerprint density at radius 2 is 2.12 bits per heavy atom. The molecule has 1 aromatic heterocycles. The van der Waals surface area contributed by atoms with Crippen molar-refractivity contribution in [3.63, 3.8) is 0 Å². The lowest BCUT2D eigenvalue weighted by molar-refractivity contribution is -0.182. The quantitative estimate of drug-likeness (QED) is 0.550. The maximum absolute atomic E-state index is 12.9. The molecule has 1 saturated heterocycles. The van der Waals surface area contributed by atoms with Crippen LogP contribution >= 0.6 is 21.6 Å². The standard InChI is InChI=1S/C16H23F3N4OS2/c17-16(18,19)11-5-6-13-21-22-14(23(13)10-11)9-20-15(24)4-2-1-3-12-7-8-25-26-12/h11-12H,1-10H2,(H,20,24)/t11-,12-/m0/s1. The number of hydrogen-bond donors (Lipinski definition) is 1. The Morgan fingerprint density at radius 3 is 2.85 bits per heavy atom. The van der Waals surface area contributed by atoms with Crippen molar-refractivity contribution in [3.8, 4) is 0 Å². The Labute approximate surface area is 158 Å². The third kappa shape index (κ3) is 5.31. The van der Waals surface area contributed by atoms with Crippen molar-refractivity contribution in [2.45, 2.75) is 69.5 Å². The van der Waals surface area contributed by atoms with E-state index in [2.05, 4.69) is 15.5 Å². The summed E-state index contributed by atoms with van der Waals surface area (Å²) in [4.78, 5) is 12.0. The highest BCUT2D eigenvalue weighted by atomic mass is 33.1. The molecule has 10 heteroatoms. The summed E-state index contributed by atoms with van der Waals surface area (Å²) in [5.74, 6) is 0.739. The van der Waals surface area contributed by atoms with Crippen molar-refractivity contribution in [2.75, 3.05) is 5.75 Å². The molecule has 1 fully saturated rings. The highest BCUT2D eigenvalue weighted by molar-refractivity contribution is 8.77. The molecule has 0 saturated carbocycles. The maximum Gasteiger partial charge on any atom is 0.393 e. The Hall–Kier alpha value is -0.900. The molecule has 2 atom stereocenters. The Kier molecular flexibility index (Phi) is 6.76. The molecule has 1 aromatic rings. The van der Waals surface area contributed by atoms with Gasteiger partial charge in [-0.15, -0.1) is 10.2 Å². The van der Waals surface area contributed by atoms with E-state index in [9.17, 15) is 18.0 Å². The molecule has 0 radical (unpaired) electrons. The molecule has 0 unspecified atom stereocenters. The van der Waals surface area contributed by atoms with E-state index in [1.807, 2.05) is 21.6 Å². The van der Waals surface area contributed by atoms with Gasteiger partial charge in [0.05, 0.1) is 12.5 Å². The predicted molar refractivity (Wildman–Crippen MR) is 96.7 cm³/mol. The number of aromatic nitrogens is 3. The number of carbonyl (C=O) groups is 1. The molecule has 3 rings (SSSR count). The summed E-state index contributed by atoms with van der Waals surface area (Å²) in [5.41, 5.74) is 0. The molecule has 0 aliphatic carbocycles. The molecule has 5 nitrogen and oxygen atoms in total. The van der Waals surface area contributed by atoms with Crippen molar-refractivity contribution in [2.24, 2.45) is 5.92 Å². The van der Waals surface area contributed by atoms with E-state index in [0.717, 1.165) is 19.3 Å². The van der Waals surface area contributed by atoms with Crippen molar-refractivity contribution in [3.05, 3.63) is 11.6 Å². The van der Waals surface area contributed by atoms with E-state index in [1.165, 1.54) is 16.7 Å². The zero-order chi connectivity index (χ0) is 18.6. The van der Waals surface area contributed by atoms with Crippen molar-refractivity contribution < 1.29 is 18.0 Å². The molecule has 3 heterocycles. The number of rotatable bonds is 7. The fraction of sp³-hybridized carbons (Fsp3) is 0.812. The van der Waals surface area contributed by atoms with Crippen LogP contribution in [0.25, 0.3) is 0 Å². The van der Waals surface area contributed by atoms with Crippen LogP contribution in [0.5, 0.6) is 0 Å². The van der Waals surface area contributed by atoms with Crippen molar-refractivity contribution in [1.82, 2.24) is 20.1 Å². The van der Waals surface area contributed by atoms with Crippen LogP contribution in [0.2, 0.25) is 0 Å². The number of nitrogens with zero attached hydrogens (tertiary/aromatic N) is 3. The first-order valence-electron chi connectivity index (χ1n) is 8.96. The largest absolute Gasteiger partial charge is 0.393 e. The summed E-state index contributed by atoms with van der Waals surface area (Å²) in [6, 6.07) is 0. The molecule has 26 heavy (non-hydrogen) atoms. The molecule has 146 valence electrons. The van der Waals surface area contributed by atoms with Gasteiger partial charge in [0, 0.05) is 30.4 Å². The molecule has 0 aromatic carbocycles. The van der Waals surface area contributed by atoms with Gasteiger partial charge in [0.2, 0.25) is 5.91 Å². The van der Waals surface area contributed by atoms with Gasteiger partial charge in [0.25, 0.3) is 0 Å². The van der Waals surface area contributed by atoms with Gasteiger partial charge in [-0.3, -0.25) is 4.79 Å². The van der Waals surface area contributed by atoms with E-state index in [0.29, 0.717) is 23.3 Å². The van der Waals surface area contributed by atoms with Gasteiger partial charge in [-0.2, -0.15) is 13.2 Å². The first kappa shape index (κ1) is 19.9. The highest BCUT2D eigenvalue weighted by Crippen LogP contribution is 2.40. The van der Waals surface area contributed by atoms with Crippen LogP contribution in [-0.4, -0.2) is 37.9 Å². The summed E-state index contributed by atoms with van der Waals surface area (Å²) < 4.78 is 40.3. The molecular formula is C16H23F3N4OS2. The lowest BCUT2D eigenvalue weighted by atomic mass is 9.99. The van der Waals surface area contributed by atoms with E-state index >= 15 is 0 Å². The minimum atomic E-state index is -4.21. The fourth-order valence-corrected chi connectivity index (χ4v) is 6.30. The first-order chi connectivity index (χ1) is 12.4. The summed E-state index contributed by atoms with van der Waals surface area (Å²) in [5, 5.41) is 11.4.